The fourth-order valence-electron chi connectivity index (χ4n) is 3.10. The number of nitrogens with zero attached hydrogens (tertiary/aromatic N) is 2. The number of hydrogen-bond donors (Lipinski definition) is 0. The van der Waals surface area contributed by atoms with Gasteiger partial charge in [-0.3, -0.25) is 9.69 Å². The van der Waals surface area contributed by atoms with Crippen molar-refractivity contribution >= 4 is 5.97 Å². The molecular formula is C18H21F3N2O2. The Morgan fingerprint density at radius 2 is 1.92 bits per heavy atom. The highest BCUT2D eigenvalue weighted by molar-refractivity contribution is 5.72. The predicted molar refractivity (Wildman–Crippen MR) is 85.6 cm³/mol. The minimum absolute atomic E-state index is 0.167. The molecule has 1 unspecified atom stereocenters. The highest BCUT2D eigenvalue weighted by Gasteiger charge is 2.44. The molecule has 25 heavy (non-hydrogen) atoms. The quantitative estimate of drug-likeness (QED) is 0.762. The van der Waals surface area contributed by atoms with Crippen LogP contribution in [0.2, 0.25) is 0 Å². The summed E-state index contributed by atoms with van der Waals surface area (Å²) in [5, 5.41) is 8.78. The van der Waals surface area contributed by atoms with E-state index in [9.17, 15) is 18.0 Å². The Hall–Kier alpha value is -2.07. The van der Waals surface area contributed by atoms with Crippen molar-refractivity contribution in [2.75, 3.05) is 19.7 Å². The maximum absolute atomic E-state index is 13.5. The third kappa shape index (κ3) is 5.20. The topological polar surface area (TPSA) is 53.3 Å². The Kier molecular flexibility index (Phi) is 6.43. The number of carbonyl (C=O) groups is 1. The minimum atomic E-state index is -4.36. The zero-order chi connectivity index (χ0) is 18.4. The normalized spacial score (nSPS) is 17.7. The van der Waals surface area contributed by atoms with Crippen molar-refractivity contribution in [2.24, 2.45) is 5.92 Å². The first-order valence-corrected chi connectivity index (χ1v) is 8.31. The molecule has 4 nitrogen and oxygen atoms in total. The van der Waals surface area contributed by atoms with Crippen LogP contribution in [-0.2, 0) is 16.0 Å². The van der Waals surface area contributed by atoms with Gasteiger partial charge in [-0.05, 0) is 57.0 Å². The van der Waals surface area contributed by atoms with E-state index in [1.54, 1.807) is 19.1 Å². The molecule has 0 aliphatic carbocycles. The number of rotatable bonds is 5. The van der Waals surface area contributed by atoms with Gasteiger partial charge in [0.1, 0.15) is 6.04 Å². The fraction of sp³-hybridized carbons (Fsp3) is 0.556. The zero-order valence-corrected chi connectivity index (χ0v) is 14.1. The van der Waals surface area contributed by atoms with Gasteiger partial charge in [0.25, 0.3) is 0 Å². The van der Waals surface area contributed by atoms with Gasteiger partial charge >= 0.3 is 12.1 Å². The molecule has 0 spiro atoms. The molecule has 0 saturated carbocycles. The van der Waals surface area contributed by atoms with E-state index in [1.165, 1.54) is 17.0 Å². The molecule has 1 aliphatic heterocycles. The van der Waals surface area contributed by atoms with Crippen molar-refractivity contribution in [2.45, 2.75) is 38.4 Å². The van der Waals surface area contributed by atoms with E-state index >= 15 is 0 Å². The van der Waals surface area contributed by atoms with Crippen LogP contribution in [0.3, 0.4) is 0 Å². The average molecular weight is 354 g/mol. The molecule has 7 heteroatoms. The summed E-state index contributed by atoms with van der Waals surface area (Å²) < 4.78 is 45.5. The zero-order valence-electron chi connectivity index (χ0n) is 14.1. The van der Waals surface area contributed by atoms with Crippen molar-refractivity contribution in [3.8, 4) is 6.07 Å². The molecule has 0 radical (unpaired) electrons. The molecule has 1 fully saturated rings. The molecule has 1 aromatic carbocycles. The number of nitriles is 1. The van der Waals surface area contributed by atoms with Crippen LogP contribution >= 0.6 is 0 Å². The predicted octanol–water partition coefficient (Wildman–Crippen LogP) is 3.31. The number of halogens is 3. The Morgan fingerprint density at radius 1 is 1.32 bits per heavy atom. The summed E-state index contributed by atoms with van der Waals surface area (Å²) in [5.74, 6) is -0.641. The maximum atomic E-state index is 13.5. The highest BCUT2D eigenvalue weighted by Crippen LogP contribution is 2.31. The van der Waals surface area contributed by atoms with Crippen molar-refractivity contribution in [3.05, 3.63) is 35.4 Å². The lowest BCUT2D eigenvalue weighted by atomic mass is 9.94. The standard InChI is InChI=1S/C18H21F3N2O2/c1-2-25-17(24)15-7-9-23(10-8-15)16(18(19,20)21)11-13-3-5-14(12-22)6-4-13/h3-6,15-16H,2,7-11H2,1H3. The molecule has 136 valence electrons. The Balaban J connectivity index is 2.03. The smallest absolute Gasteiger partial charge is 0.404 e. The van der Waals surface area contributed by atoms with Gasteiger partial charge in [-0.2, -0.15) is 18.4 Å². The van der Waals surface area contributed by atoms with Gasteiger partial charge in [0.05, 0.1) is 24.2 Å². The number of piperidine rings is 1. The molecule has 1 atom stereocenters. The Morgan fingerprint density at radius 3 is 2.40 bits per heavy atom. The van der Waals surface area contributed by atoms with Crippen LogP contribution in [0.4, 0.5) is 13.2 Å². The van der Waals surface area contributed by atoms with E-state index in [0.29, 0.717) is 24.0 Å². The Labute approximate surface area is 145 Å². The van der Waals surface area contributed by atoms with Gasteiger partial charge in [0, 0.05) is 0 Å². The largest absolute Gasteiger partial charge is 0.466 e. The van der Waals surface area contributed by atoms with Crippen LogP contribution in [0.15, 0.2) is 24.3 Å². The molecule has 0 aromatic heterocycles. The number of ether oxygens (including phenoxy) is 1. The summed E-state index contributed by atoms with van der Waals surface area (Å²) in [6.07, 6.45) is -3.78. The first-order valence-electron chi connectivity index (χ1n) is 8.31. The van der Waals surface area contributed by atoms with Crippen LogP contribution in [0, 0.1) is 17.2 Å². The van der Waals surface area contributed by atoms with Gasteiger partial charge in [-0.25, -0.2) is 0 Å². The maximum Gasteiger partial charge on any atom is 0.404 e. The van der Waals surface area contributed by atoms with Crippen molar-refractivity contribution < 1.29 is 22.7 Å². The summed E-state index contributed by atoms with van der Waals surface area (Å²) in [7, 11) is 0. The lowest BCUT2D eigenvalue weighted by Crippen LogP contribution is -2.51. The van der Waals surface area contributed by atoms with E-state index in [0.717, 1.165) is 0 Å². The first-order chi connectivity index (χ1) is 11.8. The fourth-order valence-corrected chi connectivity index (χ4v) is 3.10. The third-order valence-electron chi connectivity index (χ3n) is 4.48. The lowest BCUT2D eigenvalue weighted by molar-refractivity contribution is -0.187. The second kappa shape index (κ2) is 8.34. The van der Waals surface area contributed by atoms with Crippen LogP contribution in [0.5, 0.6) is 0 Å². The monoisotopic (exact) mass is 354 g/mol. The SMILES string of the molecule is CCOC(=O)C1CCN(C(Cc2ccc(C#N)cc2)C(F)(F)F)CC1. The molecule has 1 aliphatic rings. The van der Waals surface area contributed by atoms with Crippen LogP contribution < -0.4 is 0 Å². The summed E-state index contributed by atoms with van der Waals surface area (Å²) in [6.45, 7) is 2.42. The molecule has 1 saturated heterocycles. The van der Waals surface area contributed by atoms with E-state index in [-0.39, 0.29) is 38.0 Å². The summed E-state index contributed by atoms with van der Waals surface area (Å²) in [4.78, 5) is 13.1. The average Bonchev–Trinajstić information content (AvgIpc) is 2.59. The summed E-state index contributed by atoms with van der Waals surface area (Å²) in [6, 6.07) is 6.52. The minimum Gasteiger partial charge on any atom is -0.466 e. The summed E-state index contributed by atoms with van der Waals surface area (Å²) >= 11 is 0. The second-order valence-electron chi connectivity index (χ2n) is 6.13. The molecule has 0 bridgehead atoms. The van der Waals surface area contributed by atoms with Gasteiger partial charge < -0.3 is 4.74 Å². The summed E-state index contributed by atoms with van der Waals surface area (Å²) in [5.41, 5.74) is 0.955. The third-order valence-corrected chi connectivity index (χ3v) is 4.48. The van der Waals surface area contributed by atoms with Crippen LogP contribution in [0.25, 0.3) is 0 Å². The molecule has 2 rings (SSSR count). The number of carbonyl (C=O) groups excluding carboxylic acids is 1. The van der Waals surface area contributed by atoms with E-state index in [2.05, 4.69) is 0 Å². The Bertz CT molecular complexity index is 615. The highest BCUT2D eigenvalue weighted by atomic mass is 19.4. The molecule has 1 heterocycles. The van der Waals surface area contributed by atoms with E-state index in [1.807, 2.05) is 6.07 Å². The van der Waals surface area contributed by atoms with Crippen LogP contribution in [0.1, 0.15) is 30.9 Å². The van der Waals surface area contributed by atoms with Crippen molar-refractivity contribution in [3.63, 3.8) is 0 Å². The molecule has 1 aromatic rings. The number of likely N-dealkylation sites (tertiary alicyclic amines) is 1. The van der Waals surface area contributed by atoms with Crippen LogP contribution in [-0.4, -0.2) is 42.8 Å². The number of benzene rings is 1. The lowest BCUT2D eigenvalue weighted by Gasteiger charge is -2.37. The van der Waals surface area contributed by atoms with Crippen molar-refractivity contribution in [1.82, 2.24) is 4.90 Å². The number of hydrogen-bond acceptors (Lipinski definition) is 4. The van der Waals surface area contributed by atoms with E-state index in [4.69, 9.17) is 10.00 Å². The first kappa shape index (κ1) is 19.3. The van der Waals surface area contributed by atoms with E-state index < -0.39 is 12.2 Å². The van der Waals surface area contributed by atoms with Gasteiger partial charge in [-0.15, -0.1) is 0 Å². The number of alkyl halides is 3. The molecular weight excluding hydrogens is 333 g/mol. The number of esters is 1. The molecule has 0 amide bonds. The van der Waals surface area contributed by atoms with Crippen molar-refractivity contribution in [1.29, 1.82) is 5.26 Å². The molecule has 0 N–H and O–H groups in total. The van der Waals surface area contributed by atoms with Gasteiger partial charge in [-0.1, -0.05) is 12.1 Å². The van der Waals surface area contributed by atoms with Gasteiger partial charge in [0.2, 0.25) is 0 Å². The van der Waals surface area contributed by atoms with Gasteiger partial charge in [0.15, 0.2) is 0 Å². The second-order valence-corrected chi connectivity index (χ2v) is 6.13.